The number of nitrogens with one attached hydrogen (secondary N) is 1. The van der Waals surface area contributed by atoms with Gasteiger partial charge in [-0.1, -0.05) is 19.1 Å². The van der Waals surface area contributed by atoms with Gasteiger partial charge in [-0.2, -0.15) is 0 Å². The first-order chi connectivity index (χ1) is 14.7. The van der Waals surface area contributed by atoms with E-state index in [1.807, 2.05) is 6.92 Å². The van der Waals surface area contributed by atoms with Crippen molar-refractivity contribution < 1.29 is 29.0 Å². The summed E-state index contributed by atoms with van der Waals surface area (Å²) < 4.78 is 4.99. The maximum absolute atomic E-state index is 13.5. The summed E-state index contributed by atoms with van der Waals surface area (Å²) in [5.74, 6) is -3.60. The van der Waals surface area contributed by atoms with E-state index in [-0.39, 0.29) is 11.8 Å². The summed E-state index contributed by atoms with van der Waals surface area (Å²) in [5, 5.41) is 13.4. The Kier molecular flexibility index (Phi) is 4.08. The third kappa shape index (κ3) is 2.79. The third-order valence-electron chi connectivity index (χ3n) is 7.01. The van der Waals surface area contributed by atoms with Gasteiger partial charge in [-0.25, -0.2) is 14.5 Å². The van der Waals surface area contributed by atoms with Gasteiger partial charge in [0, 0.05) is 11.6 Å². The van der Waals surface area contributed by atoms with E-state index >= 15 is 0 Å². The summed E-state index contributed by atoms with van der Waals surface area (Å²) in [7, 11) is 0. The molecule has 4 amide bonds. The number of nitrogens with two attached hydrogens (primary N) is 1. The summed E-state index contributed by atoms with van der Waals surface area (Å²) in [6, 6.07) is 3.28. The third-order valence-corrected chi connectivity index (χ3v) is 7.01. The van der Waals surface area contributed by atoms with E-state index in [9.17, 15) is 24.3 Å². The van der Waals surface area contributed by atoms with E-state index in [2.05, 4.69) is 5.32 Å². The second-order valence-corrected chi connectivity index (χ2v) is 8.88. The first-order valence-corrected chi connectivity index (χ1v) is 10.4. The molecule has 4 aliphatic rings. The Labute approximate surface area is 178 Å². The van der Waals surface area contributed by atoms with Crippen molar-refractivity contribution in [3.63, 3.8) is 0 Å². The van der Waals surface area contributed by atoms with Crippen LogP contribution in [0.3, 0.4) is 0 Å². The molecule has 1 aromatic rings. The van der Waals surface area contributed by atoms with E-state index < -0.39 is 41.2 Å². The van der Waals surface area contributed by atoms with Crippen LogP contribution in [0.4, 0.5) is 4.79 Å². The number of fused-ring (bicyclic) bond motifs is 2. The van der Waals surface area contributed by atoms with Crippen LogP contribution in [0.25, 0.3) is 0 Å². The number of urea groups is 1. The standard InChI is InChI=1S/C22H23N3O6/c1-11(12-2-3-12)17(18(23)27)25-19(28)21(24-20(25)29)8-6-13-10-14(4-5-15(13)21)22(30)9-7-16(26)31-22/h4-5,7,9-12,17,30H,2-3,6,8H2,1H3,(H2,23,27)(H,24,29)/t11-,17?,21?,22?/m0/s1. The number of esters is 1. The van der Waals surface area contributed by atoms with Crippen molar-refractivity contribution in [3.8, 4) is 0 Å². The minimum Gasteiger partial charge on any atom is -0.422 e. The Balaban J connectivity index is 1.49. The number of carbonyl (C=O) groups excluding carboxylic acids is 4. The quantitative estimate of drug-likeness (QED) is 0.465. The smallest absolute Gasteiger partial charge is 0.333 e. The Bertz CT molecular complexity index is 1060. The number of hydrogen-bond acceptors (Lipinski definition) is 6. The molecular formula is C22H23N3O6. The summed E-state index contributed by atoms with van der Waals surface area (Å²) in [5.41, 5.74) is 6.06. The Morgan fingerprint density at radius 2 is 2.06 bits per heavy atom. The monoisotopic (exact) mass is 425 g/mol. The summed E-state index contributed by atoms with van der Waals surface area (Å²) in [4.78, 5) is 51.1. The van der Waals surface area contributed by atoms with Gasteiger partial charge in [0.1, 0.15) is 11.6 Å². The van der Waals surface area contributed by atoms with Crippen molar-refractivity contribution >= 4 is 23.8 Å². The summed E-state index contributed by atoms with van der Waals surface area (Å²) in [6.45, 7) is 1.85. The number of ether oxygens (including phenoxy) is 1. The molecule has 2 heterocycles. The van der Waals surface area contributed by atoms with Crippen molar-refractivity contribution in [2.45, 2.75) is 50.0 Å². The van der Waals surface area contributed by atoms with Crippen LogP contribution in [0.5, 0.6) is 0 Å². The van der Waals surface area contributed by atoms with Crippen LogP contribution >= 0.6 is 0 Å². The number of benzene rings is 1. The van der Waals surface area contributed by atoms with Crippen LogP contribution in [0.1, 0.15) is 42.9 Å². The molecule has 9 nitrogen and oxygen atoms in total. The normalized spacial score (nSPS) is 31.0. The maximum Gasteiger partial charge on any atom is 0.333 e. The molecule has 4 N–H and O–H groups in total. The average Bonchev–Trinajstić information content (AvgIpc) is 3.37. The van der Waals surface area contributed by atoms with Crippen molar-refractivity contribution in [1.29, 1.82) is 0 Å². The molecule has 3 unspecified atom stereocenters. The van der Waals surface area contributed by atoms with Crippen molar-refractivity contribution in [2.75, 3.05) is 0 Å². The van der Waals surface area contributed by atoms with Gasteiger partial charge in [0.05, 0.1) is 0 Å². The van der Waals surface area contributed by atoms with Crippen LogP contribution in [0.2, 0.25) is 0 Å². The number of imide groups is 1. The molecule has 9 heteroatoms. The Hall–Kier alpha value is -3.20. The zero-order chi connectivity index (χ0) is 22.1. The molecule has 0 bridgehead atoms. The minimum absolute atomic E-state index is 0.205. The lowest BCUT2D eigenvalue weighted by Gasteiger charge is -2.29. The molecule has 1 spiro atoms. The second kappa shape index (κ2) is 6.40. The highest BCUT2D eigenvalue weighted by atomic mass is 16.7. The van der Waals surface area contributed by atoms with Gasteiger partial charge in [0.15, 0.2) is 0 Å². The van der Waals surface area contributed by atoms with Crippen LogP contribution in [0, 0.1) is 11.8 Å². The lowest BCUT2D eigenvalue weighted by atomic mass is 9.88. The number of aliphatic hydroxyl groups is 1. The van der Waals surface area contributed by atoms with Gasteiger partial charge in [-0.15, -0.1) is 0 Å². The number of cyclic esters (lactones) is 1. The lowest BCUT2D eigenvalue weighted by molar-refractivity contribution is -0.181. The van der Waals surface area contributed by atoms with Gasteiger partial charge in [0.25, 0.3) is 11.7 Å². The highest BCUT2D eigenvalue weighted by Gasteiger charge is 2.59. The molecule has 2 aliphatic heterocycles. The Morgan fingerprint density at radius 3 is 2.68 bits per heavy atom. The molecular weight excluding hydrogens is 402 g/mol. The maximum atomic E-state index is 13.5. The highest BCUT2D eigenvalue weighted by molar-refractivity contribution is 6.10. The number of carbonyl (C=O) groups is 4. The predicted molar refractivity (Wildman–Crippen MR) is 106 cm³/mol. The van der Waals surface area contributed by atoms with Gasteiger partial charge in [0.2, 0.25) is 5.91 Å². The number of hydrogen-bond donors (Lipinski definition) is 3. The van der Waals surface area contributed by atoms with Gasteiger partial charge < -0.3 is 20.9 Å². The summed E-state index contributed by atoms with van der Waals surface area (Å²) >= 11 is 0. The van der Waals surface area contributed by atoms with Gasteiger partial charge in [-0.05, 0) is 60.8 Å². The molecule has 2 aliphatic carbocycles. The molecule has 31 heavy (non-hydrogen) atoms. The number of amides is 4. The molecule has 5 rings (SSSR count). The average molecular weight is 425 g/mol. The number of primary amides is 1. The molecule has 162 valence electrons. The van der Waals surface area contributed by atoms with Crippen molar-refractivity contribution in [2.24, 2.45) is 17.6 Å². The van der Waals surface area contributed by atoms with Gasteiger partial charge in [-0.3, -0.25) is 9.59 Å². The first-order valence-electron chi connectivity index (χ1n) is 10.4. The molecule has 1 aromatic carbocycles. The van der Waals surface area contributed by atoms with Gasteiger partial charge >= 0.3 is 12.0 Å². The van der Waals surface area contributed by atoms with Crippen LogP contribution in [-0.4, -0.2) is 39.9 Å². The number of aryl methyl sites for hydroxylation is 1. The van der Waals surface area contributed by atoms with E-state index in [1.54, 1.807) is 18.2 Å². The Morgan fingerprint density at radius 1 is 1.32 bits per heavy atom. The predicted octanol–water partition coefficient (Wildman–Crippen LogP) is 0.538. The molecule has 4 atom stereocenters. The largest absolute Gasteiger partial charge is 0.422 e. The zero-order valence-corrected chi connectivity index (χ0v) is 17.0. The highest BCUT2D eigenvalue weighted by Crippen LogP contribution is 2.46. The molecule has 0 aromatic heterocycles. The SMILES string of the molecule is C[C@@H](C1CC1)C(C(N)=O)N1C(=O)NC2(CCc3cc(C4(O)C=CC(=O)O4)ccc32)C1=O. The lowest BCUT2D eigenvalue weighted by Crippen LogP contribution is -2.53. The molecule has 1 saturated heterocycles. The molecule has 0 radical (unpaired) electrons. The van der Waals surface area contributed by atoms with E-state index in [1.165, 1.54) is 6.08 Å². The van der Waals surface area contributed by atoms with E-state index in [0.717, 1.165) is 29.4 Å². The number of nitrogens with zero attached hydrogens (tertiary/aromatic N) is 1. The minimum atomic E-state index is -1.85. The van der Waals surface area contributed by atoms with Crippen LogP contribution in [-0.2, 0) is 36.9 Å². The first kappa shape index (κ1) is 19.7. The molecule has 1 saturated carbocycles. The summed E-state index contributed by atoms with van der Waals surface area (Å²) in [6.07, 6.45) is 5.11. The fraction of sp³-hybridized carbons (Fsp3) is 0.455. The second-order valence-electron chi connectivity index (χ2n) is 8.88. The molecule has 2 fully saturated rings. The van der Waals surface area contributed by atoms with Crippen LogP contribution in [0.15, 0.2) is 30.4 Å². The van der Waals surface area contributed by atoms with Crippen molar-refractivity contribution in [3.05, 3.63) is 47.0 Å². The zero-order valence-electron chi connectivity index (χ0n) is 17.0. The number of rotatable bonds is 5. The van der Waals surface area contributed by atoms with E-state index in [0.29, 0.717) is 24.0 Å². The fourth-order valence-corrected chi connectivity index (χ4v) is 5.15. The van der Waals surface area contributed by atoms with Crippen LogP contribution < -0.4 is 11.1 Å². The topological polar surface area (TPSA) is 139 Å². The fourth-order valence-electron chi connectivity index (χ4n) is 5.15. The van der Waals surface area contributed by atoms with E-state index in [4.69, 9.17) is 10.5 Å². The van der Waals surface area contributed by atoms with Crippen molar-refractivity contribution in [1.82, 2.24) is 10.2 Å².